The van der Waals surface area contributed by atoms with E-state index in [4.69, 9.17) is 11.6 Å². The van der Waals surface area contributed by atoms with Gasteiger partial charge in [0.25, 0.3) is 0 Å². The molecule has 0 aromatic heterocycles. The van der Waals surface area contributed by atoms with Crippen LogP contribution in [0.4, 0.5) is 27.6 Å². The van der Waals surface area contributed by atoms with Crippen LogP contribution in [0, 0.1) is 5.92 Å². The summed E-state index contributed by atoms with van der Waals surface area (Å²) in [5.41, 5.74) is 5.81. The van der Waals surface area contributed by atoms with Crippen LogP contribution in [0.3, 0.4) is 0 Å². The average molecular weight is 469 g/mol. The second kappa shape index (κ2) is 9.34. The molecule has 1 aliphatic carbocycles. The van der Waals surface area contributed by atoms with E-state index in [2.05, 4.69) is 10.4 Å². The first kappa shape index (κ1) is 24.4. The zero-order valence-electron chi connectivity index (χ0n) is 17.7. The highest BCUT2D eigenvalue weighted by Crippen LogP contribution is 2.46. The fourth-order valence-corrected chi connectivity index (χ4v) is 3.99. The minimum Gasteiger partial charge on any atom is -0.382 e. The van der Waals surface area contributed by atoms with Gasteiger partial charge >= 0.3 is 6.18 Å². The molecule has 0 aliphatic heterocycles. The summed E-state index contributed by atoms with van der Waals surface area (Å²) < 4.78 is 66.9. The summed E-state index contributed by atoms with van der Waals surface area (Å²) in [7, 11) is 1.48. The van der Waals surface area contributed by atoms with Crippen molar-refractivity contribution < 1.29 is 26.7 Å². The quantitative estimate of drug-likeness (QED) is 0.193. The molecule has 0 saturated heterocycles. The van der Waals surface area contributed by atoms with Crippen molar-refractivity contribution in [1.29, 1.82) is 0 Å². The molecule has 2 unspecified atom stereocenters. The maximum absolute atomic E-state index is 13.9. The van der Waals surface area contributed by atoms with Crippen molar-refractivity contribution in [3.8, 4) is 0 Å². The number of hydrazone groups is 1. The predicted molar refractivity (Wildman–Crippen MR) is 114 cm³/mol. The van der Waals surface area contributed by atoms with E-state index in [0.717, 1.165) is 17.3 Å². The van der Waals surface area contributed by atoms with Crippen LogP contribution in [0.1, 0.15) is 41.9 Å². The van der Waals surface area contributed by atoms with Gasteiger partial charge in [-0.15, -0.1) is 5.10 Å². The second-order valence-electron chi connectivity index (χ2n) is 8.09. The zero-order chi connectivity index (χ0) is 24.4. The molecule has 0 spiro atoms. The lowest BCUT2D eigenvalue weighted by atomic mass is 9.83. The van der Waals surface area contributed by atoms with Crippen molar-refractivity contribution in [2.24, 2.45) is 22.6 Å². The highest BCUT2D eigenvalue weighted by atomic mass is 19.4. The van der Waals surface area contributed by atoms with Crippen LogP contribution in [0.2, 0.25) is 0 Å². The normalized spacial score (nSPS) is 19.2. The lowest BCUT2D eigenvalue weighted by Crippen LogP contribution is -2.28. The number of alkyl halides is 5. The molecule has 3 rings (SSSR count). The Labute approximate surface area is 187 Å². The summed E-state index contributed by atoms with van der Waals surface area (Å²) in [6.07, 6.45) is -5.32. The number of rotatable bonds is 6. The maximum Gasteiger partial charge on any atom is 0.416 e. The molecule has 0 heterocycles. The minimum atomic E-state index is -4.58. The van der Waals surface area contributed by atoms with Crippen LogP contribution in [-0.4, -0.2) is 29.8 Å². The van der Waals surface area contributed by atoms with Crippen molar-refractivity contribution in [2.45, 2.75) is 37.3 Å². The third-order valence-corrected chi connectivity index (χ3v) is 5.48. The second-order valence-corrected chi connectivity index (χ2v) is 8.09. The molecule has 1 aliphatic rings. The standard InChI is InChI=1S/C22H24F5N5O/c1-32(29)31-19(28)14-7-5-13(6-8-14)18(15-9-10-21(23,24)12-15)20(33)30-17-4-2-3-16(11-17)22(25,26)27/h2-8,11,15,18H,9-10,12,29H2,1H3,(H2,28,31)(H,30,33). The molecule has 0 bridgehead atoms. The topological polar surface area (TPSA) is 96.7 Å². The molecule has 0 radical (unpaired) electrons. The van der Waals surface area contributed by atoms with Gasteiger partial charge in [-0.25, -0.2) is 19.7 Å². The highest BCUT2D eigenvalue weighted by Gasteiger charge is 2.45. The van der Waals surface area contributed by atoms with E-state index in [-0.39, 0.29) is 24.4 Å². The Morgan fingerprint density at radius 3 is 2.42 bits per heavy atom. The SMILES string of the molecule is CN(N)/N=C(\N)c1ccc(C(C(=O)Nc2cccc(C(F)(F)F)c2)C2CCC(F)(F)C2)cc1. The van der Waals surface area contributed by atoms with Crippen LogP contribution >= 0.6 is 0 Å². The van der Waals surface area contributed by atoms with Crippen LogP contribution < -0.4 is 16.9 Å². The van der Waals surface area contributed by atoms with Crippen LogP contribution in [0.15, 0.2) is 53.6 Å². The zero-order valence-corrected chi connectivity index (χ0v) is 17.7. The lowest BCUT2D eigenvalue weighted by molar-refractivity contribution is -0.137. The number of hydrogen-bond acceptors (Lipinski definition) is 4. The molecule has 11 heteroatoms. The third kappa shape index (κ3) is 6.19. The van der Waals surface area contributed by atoms with Gasteiger partial charge in [-0.05, 0) is 36.1 Å². The molecule has 6 nitrogen and oxygen atoms in total. The fraction of sp³-hybridized carbons (Fsp3) is 0.364. The number of amides is 1. The van der Waals surface area contributed by atoms with Crippen LogP contribution in [0.5, 0.6) is 0 Å². The van der Waals surface area contributed by atoms with E-state index in [1.54, 1.807) is 24.3 Å². The third-order valence-electron chi connectivity index (χ3n) is 5.48. The van der Waals surface area contributed by atoms with Gasteiger partial charge in [-0.2, -0.15) is 13.2 Å². The Bertz CT molecular complexity index is 1020. The van der Waals surface area contributed by atoms with E-state index >= 15 is 0 Å². The van der Waals surface area contributed by atoms with E-state index in [1.165, 1.54) is 19.2 Å². The number of nitrogens with zero attached hydrogens (tertiary/aromatic N) is 2. The first-order chi connectivity index (χ1) is 15.4. The van der Waals surface area contributed by atoms with Crippen molar-refractivity contribution in [1.82, 2.24) is 5.12 Å². The first-order valence-electron chi connectivity index (χ1n) is 10.1. The molecular formula is C22H24F5N5O. The Morgan fingerprint density at radius 1 is 1.21 bits per heavy atom. The summed E-state index contributed by atoms with van der Waals surface area (Å²) >= 11 is 0. The summed E-state index contributed by atoms with van der Waals surface area (Å²) in [5.74, 6) is 0.323. The monoisotopic (exact) mass is 469 g/mol. The number of anilines is 1. The van der Waals surface area contributed by atoms with Gasteiger partial charge in [0.1, 0.15) is 0 Å². The van der Waals surface area contributed by atoms with E-state index in [9.17, 15) is 26.7 Å². The molecule has 33 heavy (non-hydrogen) atoms. The van der Waals surface area contributed by atoms with Crippen molar-refractivity contribution in [3.63, 3.8) is 0 Å². The van der Waals surface area contributed by atoms with Crippen LogP contribution in [-0.2, 0) is 11.0 Å². The predicted octanol–water partition coefficient (Wildman–Crippen LogP) is 4.29. The number of hydrogen-bond donors (Lipinski definition) is 3. The molecule has 2 aromatic rings. The minimum absolute atomic E-state index is 0.0661. The number of benzene rings is 2. The smallest absolute Gasteiger partial charge is 0.382 e. The molecule has 1 amide bonds. The number of nitrogens with one attached hydrogen (secondary N) is 1. The van der Waals surface area contributed by atoms with Gasteiger partial charge in [-0.3, -0.25) is 4.79 Å². The number of hydrazine groups is 1. The lowest BCUT2D eigenvalue weighted by Gasteiger charge is -2.24. The van der Waals surface area contributed by atoms with E-state index < -0.39 is 41.8 Å². The Kier molecular flexibility index (Phi) is 6.92. The highest BCUT2D eigenvalue weighted by molar-refractivity contribution is 5.98. The van der Waals surface area contributed by atoms with Gasteiger partial charge in [-0.1, -0.05) is 30.3 Å². The molecular weight excluding hydrogens is 445 g/mol. The number of nitrogens with two attached hydrogens (primary N) is 2. The van der Waals surface area contributed by atoms with E-state index in [1.807, 2.05) is 0 Å². The molecule has 178 valence electrons. The molecule has 2 atom stereocenters. The van der Waals surface area contributed by atoms with Crippen LogP contribution in [0.25, 0.3) is 0 Å². The van der Waals surface area contributed by atoms with Crippen molar-refractivity contribution in [2.75, 3.05) is 12.4 Å². The van der Waals surface area contributed by atoms with Gasteiger partial charge in [0.05, 0.1) is 11.5 Å². The van der Waals surface area contributed by atoms with Gasteiger partial charge < -0.3 is 11.1 Å². The Hall–Kier alpha value is -3.21. The number of carbonyl (C=O) groups excluding carboxylic acids is 1. The van der Waals surface area contributed by atoms with Gasteiger partial charge in [0.15, 0.2) is 5.84 Å². The number of carbonyl (C=O) groups is 1. The number of amidine groups is 1. The van der Waals surface area contributed by atoms with Gasteiger partial charge in [0, 0.05) is 31.1 Å². The molecule has 2 aromatic carbocycles. The molecule has 1 fully saturated rings. The Morgan fingerprint density at radius 2 is 1.88 bits per heavy atom. The number of halogens is 5. The summed E-state index contributed by atoms with van der Waals surface area (Å²) in [4.78, 5) is 13.1. The molecule has 5 N–H and O–H groups in total. The van der Waals surface area contributed by atoms with Crippen molar-refractivity contribution in [3.05, 3.63) is 65.2 Å². The first-order valence-corrected chi connectivity index (χ1v) is 10.1. The maximum atomic E-state index is 13.9. The summed E-state index contributed by atoms with van der Waals surface area (Å²) in [5, 5.41) is 7.36. The van der Waals surface area contributed by atoms with Crippen molar-refractivity contribution >= 4 is 17.4 Å². The summed E-state index contributed by atoms with van der Waals surface area (Å²) in [6, 6.07) is 10.5. The largest absolute Gasteiger partial charge is 0.416 e. The fourth-order valence-electron chi connectivity index (χ4n) is 3.99. The molecule has 1 saturated carbocycles. The average Bonchev–Trinajstić information content (AvgIpc) is 3.07. The van der Waals surface area contributed by atoms with Gasteiger partial charge in [0.2, 0.25) is 11.8 Å². The van der Waals surface area contributed by atoms with E-state index in [0.29, 0.717) is 11.1 Å². The Balaban J connectivity index is 1.90. The summed E-state index contributed by atoms with van der Waals surface area (Å²) in [6.45, 7) is 0.